The molecule has 8 atom stereocenters. The molecule has 0 bridgehead atoms. The topological polar surface area (TPSA) is 26.3 Å². The zero-order chi connectivity index (χ0) is 27.2. The lowest BCUT2D eigenvalue weighted by atomic mass is 9.47. The summed E-state index contributed by atoms with van der Waals surface area (Å²) < 4.78 is 5.99. The molecule has 0 unspecified atom stereocenters. The van der Waals surface area contributed by atoms with E-state index in [0.29, 0.717) is 21.0 Å². The highest BCUT2D eigenvalue weighted by atomic mass is 35.5. The Labute approximate surface area is 241 Å². The second-order valence-electron chi connectivity index (χ2n) is 14.2. The van der Waals surface area contributed by atoms with E-state index in [0.717, 1.165) is 54.8 Å². The molecule has 4 heteroatoms. The molecule has 1 aromatic carbocycles. The summed E-state index contributed by atoms with van der Waals surface area (Å²) in [5.74, 6) is 4.71. The first-order valence-electron chi connectivity index (χ1n) is 15.4. The summed E-state index contributed by atoms with van der Waals surface area (Å²) in [7, 11) is 0. The Morgan fingerprint density at radius 1 is 1.03 bits per heavy atom. The third kappa shape index (κ3) is 5.23. The maximum absolute atomic E-state index is 12.9. The number of benzene rings is 1. The van der Waals surface area contributed by atoms with Gasteiger partial charge < -0.3 is 4.74 Å². The van der Waals surface area contributed by atoms with Crippen molar-refractivity contribution in [2.75, 3.05) is 0 Å². The quantitative estimate of drug-likeness (QED) is 0.245. The van der Waals surface area contributed by atoms with Crippen LogP contribution in [0.3, 0.4) is 0 Å². The summed E-state index contributed by atoms with van der Waals surface area (Å²) >= 11 is 12.3. The van der Waals surface area contributed by atoms with E-state index in [4.69, 9.17) is 27.9 Å². The van der Waals surface area contributed by atoms with Gasteiger partial charge in [0.05, 0.1) is 10.6 Å². The van der Waals surface area contributed by atoms with Crippen molar-refractivity contribution in [1.82, 2.24) is 0 Å². The Bertz CT molecular complexity index is 1060. The molecule has 1 aromatic rings. The summed E-state index contributed by atoms with van der Waals surface area (Å²) in [5.41, 5.74) is 2.73. The van der Waals surface area contributed by atoms with Crippen LogP contribution in [-0.2, 0) is 4.74 Å². The number of ether oxygens (including phenoxy) is 1. The van der Waals surface area contributed by atoms with Gasteiger partial charge in [-0.15, -0.1) is 0 Å². The highest BCUT2D eigenvalue weighted by molar-refractivity contribution is 6.36. The van der Waals surface area contributed by atoms with Gasteiger partial charge in [0.2, 0.25) is 0 Å². The maximum Gasteiger partial charge on any atom is 0.339 e. The van der Waals surface area contributed by atoms with Crippen LogP contribution in [-0.4, -0.2) is 12.1 Å². The summed E-state index contributed by atoms with van der Waals surface area (Å²) in [5, 5.41) is 0.886. The van der Waals surface area contributed by atoms with Crippen LogP contribution in [0.1, 0.15) is 116 Å². The molecule has 4 aliphatic carbocycles. The van der Waals surface area contributed by atoms with Crippen LogP contribution in [0.15, 0.2) is 29.8 Å². The van der Waals surface area contributed by atoms with E-state index >= 15 is 0 Å². The fraction of sp³-hybridized carbons (Fsp3) is 0.735. The van der Waals surface area contributed by atoms with Gasteiger partial charge in [-0.05, 0) is 109 Å². The number of hydrogen-bond donors (Lipinski definition) is 0. The minimum Gasteiger partial charge on any atom is -0.458 e. The van der Waals surface area contributed by atoms with Gasteiger partial charge in [0, 0.05) is 11.4 Å². The van der Waals surface area contributed by atoms with Crippen molar-refractivity contribution < 1.29 is 9.53 Å². The average molecular weight is 560 g/mol. The summed E-state index contributed by atoms with van der Waals surface area (Å²) in [6, 6.07) is 4.98. The minimum absolute atomic E-state index is 0.0680. The van der Waals surface area contributed by atoms with Gasteiger partial charge in [-0.25, -0.2) is 4.79 Å². The molecule has 0 amide bonds. The van der Waals surface area contributed by atoms with E-state index in [9.17, 15) is 4.79 Å². The maximum atomic E-state index is 12.9. The lowest BCUT2D eigenvalue weighted by Crippen LogP contribution is -2.51. The van der Waals surface area contributed by atoms with Gasteiger partial charge >= 0.3 is 5.97 Å². The number of fused-ring (bicyclic) bond motifs is 5. The molecule has 0 aromatic heterocycles. The zero-order valence-electron chi connectivity index (χ0n) is 24.2. The van der Waals surface area contributed by atoms with Crippen LogP contribution >= 0.6 is 23.2 Å². The zero-order valence-corrected chi connectivity index (χ0v) is 25.7. The molecule has 0 N–H and O–H groups in total. The van der Waals surface area contributed by atoms with E-state index in [2.05, 4.69) is 40.7 Å². The van der Waals surface area contributed by atoms with E-state index < -0.39 is 0 Å². The van der Waals surface area contributed by atoms with Crippen molar-refractivity contribution in [2.45, 2.75) is 111 Å². The molecule has 0 saturated heterocycles. The Kier molecular flexibility index (Phi) is 8.35. The second-order valence-corrected chi connectivity index (χ2v) is 15.0. The predicted molar refractivity (Wildman–Crippen MR) is 159 cm³/mol. The Hall–Kier alpha value is -0.990. The number of halogens is 2. The highest BCUT2D eigenvalue weighted by Gasteiger charge is 2.59. The normalized spacial score (nSPS) is 37.2. The van der Waals surface area contributed by atoms with Crippen LogP contribution in [0.5, 0.6) is 0 Å². The molecule has 0 aliphatic heterocycles. The molecular formula is C34H48Cl2O2. The predicted octanol–water partition coefficient (Wildman–Crippen LogP) is 10.6. The third-order valence-corrected chi connectivity index (χ3v) is 12.2. The smallest absolute Gasteiger partial charge is 0.339 e. The molecule has 5 rings (SSSR count). The minimum atomic E-state index is -0.331. The van der Waals surface area contributed by atoms with Crippen molar-refractivity contribution in [3.05, 3.63) is 45.5 Å². The van der Waals surface area contributed by atoms with E-state index in [1.54, 1.807) is 23.8 Å². The Morgan fingerprint density at radius 2 is 1.82 bits per heavy atom. The van der Waals surface area contributed by atoms with Crippen molar-refractivity contribution in [3.63, 3.8) is 0 Å². The first-order valence-corrected chi connectivity index (χ1v) is 16.1. The molecule has 2 nitrogen and oxygen atoms in total. The third-order valence-electron chi connectivity index (χ3n) is 11.7. The Morgan fingerprint density at radius 3 is 2.55 bits per heavy atom. The molecule has 3 fully saturated rings. The number of esters is 1. The number of carbonyl (C=O) groups is 1. The van der Waals surface area contributed by atoms with Crippen molar-refractivity contribution in [2.24, 2.45) is 46.3 Å². The molecule has 4 aliphatic rings. The SMILES string of the molecule is CC(C)CCC[C@@H](C)[C@H]1CC[C@@H]2[C@@H]3CC=C4C[C@H](OC(=O)c5ccc(Cl)cc5Cl)CC[C@]4(C)[C@@H]3CC[C@@]21C. The van der Waals surface area contributed by atoms with E-state index in [-0.39, 0.29) is 17.5 Å². The first kappa shape index (κ1) is 28.5. The van der Waals surface area contributed by atoms with Crippen LogP contribution < -0.4 is 0 Å². The van der Waals surface area contributed by atoms with Gasteiger partial charge in [0.1, 0.15) is 6.10 Å². The monoisotopic (exact) mass is 558 g/mol. The largest absolute Gasteiger partial charge is 0.458 e. The van der Waals surface area contributed by atoms with Crippen LogP contribution in [0.25, 0.3) is 0 Å². The van der Waals surface area contributed by atoms with Gasteiger partial charge in [-0.2, -0.15) is 0 Å². The number of carbonyl (C=O) groups excluding carboxylic acids is 1. The van der Waals surface area contributed by atoms with Crippen LogP contribution in [0.4, 0.5) is 0 Å². The van der Waals surface area contributed by atoms with Gasteiger partial charge in [-0.3, -0.25) is 0 Å². The molecule has 38 heavy (non-hydrogen) atoms. The number of rotatable bonds is 7. The fourth-order valence-corrected chi connectivity index (χ4v) is 10.1. The summed E-state index contributed by atoms with van der Waals surface area (Å²) in [6.07, 6.45) is 16.4. The lowest BCUT2D eigenvalue weighted by Gasteiger charge is -2.58. The number of hydrogen-bond acceptors (Lipinski definition) is 2. The van der Waals surface area contributed by atoms with Crippen molar-refractivity contribution >= 4 is 29.2 Å². The van der Waals surface area contributed by atoms with Gasteiger partial charge in [0.15, 0.2) is 0 Å². The highest BCUT2D eigenvalue weighted by Crippen LogP contribution is 2.67. The Balaban J connectivity index is 1.25. The molecule has 0 spiro atoms. The number of allylic oxidation sites excluding steroid dienone is 1. The van der Waals surface area contributed by atoms with Crippen LogP contribution in [0.2, 0.25) is 10.0 Å². The first-order chi connectivity index (χ1) is 18.0. The summed E-state index contributed by atoms with van der Waals surface area (Å²) in [4.78, 5) is 12.9. The van der Waals surface area contributed by atoms with E-state index in [1.165, 1.54) is 51.4 Å². The molecular weight excluding hydrogens is 511 g/mol. The fourth-order valence-electron chi connectivity index (χ4n) is 9.62. The van der Waals surface area contributed by atoms with Crippen molar-refractivity contribution in [3.8, 4) is 0 Å². The standard InChI is InChI=1S/C34H48Cl2O2/c1-21(2)7-6-8-22(3)28-13-14-29-26-11-9-23-19-25(38-32(37)27-12-10-24(35)20-31(27)36)15-17-33(23,4)30(26)16-18-34(28,29)5/h9-10,12,20-22,25-26,28-30H,6-8,11,13-19H2,1-5H3/t22-,25-,26+,28-,29-,30-,33+,34-/m1/s1. The molecule has 210 valence electrons. The van der Waals surface area contributed by atoms with Gasteiger partial charge in [0.25, 0.3) is 0 Å². The van der Waals surface area contributed by atoms with Gasteiger partial charge in [-0.1, -0.05) is 88.7 Å². The average Bonchev–Trinajstić information content (AvgIpc) is 3.21. The second kappa shape index (κ2) is 11.1. The summed E-state index contributed by atoms with van der Waals surface area (Å²) in [6.45, 7) is 12.5. The van der Waals surface area contributed by atoms with E-state index in [1.807, 2.05) is 0 Å². The molecule has 0 radical (unpaired) electrons. The molecule has 0 heterocycles. The lowest BCUT2D eigenvalue weighted by molar-refractivity contribution is -0.0594. The van der Waals surface area contributed by atoms with Crippen LogP contribution in [0, 0.1) is 46.3 Å². The molecule has 3 saturated carbocycles. The van der Waals surface area contributed by atoms with Crippen molar-refractivity contribution in [1.29, 1.82) is 0 Å².